The Labute approximate surface area is 92.4 Å². The van der Waals surface area contributed by atoms with Crippen molar-refractivity contribution in [2.75, 3.05) is 13.2 Å². The van der Waals surface area contributed by atoms with Gasteiger partial charge in [0.15, 0.2) is 0 Å². The average Bonchev–Trinajstić information content (AvgIpc) is 2.48. The van der Waals surface area contributed by atoms with Gasteiger partial charge in [0.1, 0.15) is 5.78 Å². The number of hydrogen-bond donors (Lipinski definition) is 0. The fraction of sp³-hybridized carbons (Fsp3) is 0.923. The van der Waals surface area contributed by atoms with Gasteiger partial charge in [0, 0.05) is 17.9 Å². The van der Waals surface area contributed by atoms with E-state index in [0.29, 0.717) is 24.9 Å². The molecule has 0 N–H and O–H groups in total. The zero-order valence-electron chi connectivity index (χ0n) is 10.3. The van der Waals surface area contributed by atoms with Crippen LogP contribution in [0.4, 0.5) is 0 Å². The van der Waals surface area contributed by atoms with E-state index in [1.165, 1.54) is 6.42 Å². The fourth-order valence-corrected chi connectivity index (χ4v) is 3.71. The van der Waals surface area contributed by atoms with Gasteiger partial charge >= 0.3 is 0 Å². The Kier molecular flexibility index (Phi) is 2.45. The predicted octanol–water partition coefficient (Wildman–Crippen LogP) is 2.66. The van der Waals surface area contributed by atoms with Crippen molar-refractivity contribution in [1.29, 1.82) is 0 Å². The molecule has 2 aliphatic rings. The third-order valence-electron chi connectivity index (χ3n) is 5.17. The lowest BCUT2D eigenvalue weighted by molar-refractivity contribution is -0.133. The van der Waals surface area contributed by atoms with Gasteiger partial charge in [0.2, 0.25) is 0 Å². The molecule has 2 bridgehead atoms. The lowest BCUT2D eigenvalue weighted by Crippen LogP contribution is -2.34. The van der Waals surface area contributed by atoms with E-state index in [1.54, 1.807) is 0 Å². The third-order valence-corrected chi connectivity index (χ3v) is 5.17. The molecule has 2 rings (SSSR count). The Balaban J connectivity index is 2.22. The predicted molar refractivity (Wildman–Crippen MR) is 59.6 cm³/mol. The monoisotopic (exact) mass is 210 g/mol. The van der Waals surface area contributed by atoms with Gasteiger partial charge in [0.25, 0.3) is 0 Å². The second-order valence-electron chi connectivity index (χ2n) is 5.83. The fourth-order valence-electron chi connectivity index (χ4n) is 3.71. The number of Topliss-reactive ketones (excluding diaryl/α,β-unsaturated/α-hetero) is 1. The molecule has 0 radical (unpaired) electrons. The Bertz CT molecular complexity index is 282. The van der Waals surface area contributed by atoms with Crippen LogP contribution < -0.4 is 0 Å². The van der Waals surface area contributed by atoms with Crippen molar-refractivity contribution in [3.05, 3.63) is 0 Å². The zero-order chi connectivity index (χ0) is 11.3. The number of ether oxygens (including phenoxy) is 1. The summed E-state index contributed by atoms with van der Waals surface area (Å²) in [6.07, 6.45) is 2.28. The Morgan fingerprint density at radius 3 is 2.53 bits per heavy atom. The van der Waals surface area contributed by atoms with Crippen LogP contribution >= 0.6 is 0 Å². The van der Waals surface area contributed by atoms with Crippen LogP contribution in [0.5, 0.6) is 0 Å². The molecule has 0 aromatic heterocycles. The number of fused-ring (bicyclic) bond motifs is 2. The Morgan fingerprint density at radius 1 is 1.40 bits per heavy atom. The van der Waals surface area contributed by atoms with E-state index < -0.39 is 0 Å². The average molecular weight is 210 g/mol. The number of carbonyl (C=O) groups excluding carboxylic acids is 1. The minimum Gasteiger partial charge on any atom is -0.381 e. The van der Waals surface area contributed by atoms with Crippen molar-refractivity contribution in [2.24, 2.45) is 22.7 Å². The molecule has 0 aromatic carbocycles. The first-order chi connectivity index (χ1) is 6.95. The largest absolute Gasteiger partial charge is 0.381 e. The van der Waals surface area contributed by atoms with Crippen molar-refractivity contribution >= 4 is 5.78 Å². The summed E-state index contributed by atoms with van der Waals surface area (Å²) in [5.41, 5.74) is 0.0886. The van der Waals surface area contributed by atoms with Crippen molar-refractivity contribution in [3.63, 3.8) is 0 Å². The standard InChI is InChI=1S/C13H22O2/c1-5-15-8-9-10-6-7-13(4,11(9)14)12(10,2)3/h9-10H,5-8H2,1-4H3/t9-,10+,13-/m0/s1. The topological polar surface area (TPSA) is 26.3 Å². The SMILES string of the molecule is CCOC[C@@H]1C(=O)[C@]2(C)CC[C@H]1C2(C)C. The van der Waals surface area contributed by atoms with Gasteiger partial charge in [0.05, 0.1) is 6.61 Å². The van der Waals surface area contributed by atoms with Crippen molar-refractivity contribution < 1.29 is 9.53 Å². The molecule has 0 aliphatic heterocycles. The molecule has 0 unspecified atom stereocenters. The summed E-state index contributed by atoms with van der Waals surface area (Å²) in [4.78, 5) is 12.3. The highest BCUT2D eigenvalue weighted by atomic mass is 16.5. The number of hydrogen-bond acceptors (Lipinski definition) is 2. The molecule has 2 nitrogen and oxygen atoms in total. The molecule has 15 heavy (non-hydrogen) atoms. The molecule has 2 saturated carbocycles. The van der Waals surface area contributed by atoms with Gasteiger partial charge < -0.3 is 4.74 Å². The second kappa shape index (κ2) is 3.31. The van der Waals surface area contributed by atoms with Crippen LogP contribution in [0.25, 0.3) is 0 Å². The first kappa shape index (κ1) is 11.1. The van der Waals surface area contributed by atoms with Gasteiger partial charge in [-0.1, -0.05) is 20.8 Å². The molecule has 0 amide bonds. The maximum Gasteiger partial charge on any atom is 0.144 e. The Hall–Kier alpha value is -0.370. The van der Waals surface area contributed by atoms with Crippen molar-refractivity contribution in [2.45, 2.75) is 40.5 Å². The van der Waals surface area contributed by atoms with Gasteiger partial charge in [-0.05, 0) is 31.1 Å². The van der Waals surface area contributed by atoms with Gasteiger partial charge in [-0.3, -0.25) is 4.79 Å². The van der Waals surface area contributed by atoms with E-state index in [1.807, 2.05) is 6.92 Å². The molecule has 3 atom stereocenters. The highest BCUT2D eigenvalue weighted by Crippen LogP contribution is 2.65. The maximum atomic E-state index is 12.3. The van der Waals surface area contributed by atoms with Crippen LogP contribution in [-0.4, -0.2) is 19.0 Å². The summed E-state index contributed by atoms with van der Waals surface area (Å²) >= 11 is 0. The third kappa shape index (κ3) is 1.24. The second-order valence-corrected chi connectivity index (χ2v) is 5.83. The molecule has 0 saturated heterocycles. The smallest absolute Gasteiger partial charge is 0.144 e. The molecular weight excluding hydrogens is 188 g/mol. The molecular formula is C13H22O2. The molecule has 2 fully saturated rings. The minimum atomic E-state index is -0.0839. The van der Waals surface area contributed by atoms with Crippen LogP contribution in [0.3, 0.4) is 0 Å². The summed E-state index contributed by atoms with van der Waals surface area (Å²) in [5.74, 6) is 1.16. The lowest BCUT2D eigenvalue weighted by atomic mass is 9.70. The van der Waals surface area contributed by atoms with Crippen LogP contribution in [0.15, 0.2) is 0 Å². The van der Waals surface area contributed by atoms with E-state index in [4.69, 9.17) is 4.74 Å². The molecule has 2 heteroatoms. The van der Waals surface area contributed by atoms with Crippen LogP contribution in [0.1, 0.15) is 40.5 Å². The summed E-state index contributed by atoms with van der Waals surface area (Å²) in [7, 11) is 0. The molecule has 0 spiro atoms. The van der Waals surface area contributed by atoms with Crippen molar-refractivity contribution in [3.8, 4) is 0 Å². The van der Waals surface area contributed by atoms with Crippen LogP contribution in [0.2, 0.25) is 0 Å². The van der Waals surface area contributed by atoms with E-state index in [-0.39, 0.29) is 16.7 Å². The zero-order valence-corrected chi connectivity index (χ0v) is 10.3. The van der Waals surface area contributed by atoms with Gasteiger partial charge in [-0.15, -0.1) is 0 Å². The van der Waals surface area contributed by atoms with E-state index in [2.05, 4.69) is 20.8 Å². The molecule has 2 aliphatic carbocycles. The number of rotatable bonds is 3. The highest BCUT2D eigenvalue weighted by Gasteiger charge is 2.65. The van der Waals surface area contributed by atoms with Crippen LogP contribution in [0, 0.1) is 22.7 Å². The Morgan fingerprint density at radius 2 is 2.07 bits per heavy atom. The summed E-state index contributed by atoms with van der Waals surface area (Å²) in [6, 6.07) is 0. The summed E-state index contributed by atoms with van der Waals surface area (Å²) < 4.78 is 5.46. The molecule has 0 aromatic rings. The maximum absolute atomic E-state index is 12.3. The lowest BCUT2D eigenvalue weighted by Gasteiger charge is -2.32. The first-order valence-electron chi connectivity index (χ1n) is 6.07. The minimum absolute atomic E-state index is 0.0839. The van der Waals surface area contributed by atoms with Gasteiger partial charge in [-0.25, -0.2) is 0 Å². The number of ketones is 1. The molecule has 86 valence electrons. The highest BCUT2D eigenvalue weighted by molar-refractivity contribution is 5.91. The van der Waals surface area contributed by atoms with E-state index >= 15 is 0 Å². The van der Waals surface area contributed by atoms with Gasteiger partial charge in [-0.2, -0.15) is 0 Å². The summed E-state index contributed by atoms with van der Waals surface area (Å²) in [6.45, 7) is 10.0. The van der Waals surface area contributed by atoms with Crippen LogP contribution in [-0.2, 0) is 9.53 Å². The number of carbonyl (C=O) groups is 1. The van der Waals surface area contributed by atoms with Crippen molar-refractivity contribution in [1.82, 2.24) is 0 Å². The summed E-state index contributed by atoms with van der Waals surface area (Å²) in [5, 5.41) is 0. The van der Waals surface area contributed by atoms with E-state index in [9.17, 15) is 4.79 Å². The van der Waals surface area contributed by atoms with E-state index in [0.717, 1.165) is 6.42 Å². The quantitative estimate of drug-likeness (QED) is 0.716. The molecule has 0 heterocycles. The normalized spacial score (nSPS) is 42.5. The first-order valence-corrected chi connectivity index (χ1v) is 6.07.